The first-order chi connectivity index (χ1) is 21.4. The van der Waals surface area contributed by atoms with Crippen LogP contribution in [0.3, 0.4) is 0 Å². The second-order valence-corrected chi connectivity index (χ2v) is 11.4. The highest BCUT2D eigenvalue weighted by Gasteiger charge is 2.34. The van der Waals surface area contributed by atoms with E-state index in [0.717, 1.165) is 52.1 Å². The number of rotatable bonds is 9. The van der Waals surface area contributed by atoms with E-state index in [1.165, 1.54) is 7.11 Å². The van der Waals surface area contributed by atoms with Gasteiger partial charge in [0.15, 0.2) is 0 Å². The van der Waals surface area contributed by atoms with Crippen LogP contribution in [-0.2, 0) is 40.1 Å². The van der Waals surface area contributed by atoms with Crippen molar-refractivity contribution in [2.24, 2.45) is 0 Å². The number of esters is 1. The summed E-state index contributed by atoms with van der Waals surface area (Å²) in [6.07, 6.45) is 1.34. The molecular formula is C35H41N3O6. The Hall–Kier alpha value is -4.53. The second-order valence-electron chi connectivity index (χ2n) is 11.4. The summed E-state index contributed by atoms with van der Waals surface area (Å²) in [6, 6.07) is 21.7. The van der Waals surface area contributed by atoms with Crippen molar-refractivity contribution in [1.29, 1.82) is 0 Å². The lowest BCUT2D eigenvalue weighted by Gasteiger charge is -2.37. The molecule has 1 fully saturated rings. The first kappa shape index (κ1) is 30.9. The molecule has 1 atom stereocenters. The molecule has 44 heavy (non-hydrogen) atoms. The van der Waals surface area contributed by atoms with E-state index in [1.807, 2.05) is 78.6 Å². The van der Waals surface area contributed by atoms with E-state index in [1.54, 1.807) is 4.90 Å². The van der Waals surface area contributed by atoms with Gasteiger partial charge in [-0.25, -0.2) is 14.4 Å². The van der Waals surface area contributed by atoms with Crippen molar-refractivity contribution in [2.45, 2.75) is 64.7 Å². The number of amides is 3. The Morgan fingerprint density at radius 2 is 1.70 bits per heavy atom. The number of likely N-dealkylation sites (tertiary alicyclic amines) is 1. The second kappa shape index (κ2) is 14.3. The topological polar surface area (TPSA) is 97.4 Å². The average molecular weight is 600 g/mol. The lowest BCUT2D eigenvalue weighted by atomic mass is 9.99. The Bertz CT molecular complexity index is 1470. The fourth-order valence-corrected chi connectivity index (χ4v) is 6.06. The first-order valence-electron chi connectivity index (χ1n) is 15.3. The Labute approximate surface area is 259 Å². The van der Waals surface area contributed by atoms with E-state index in [2.05, 4.69) is 12.2 Å². The minimum Gasteiger partial charge on any atom is -0.488 e. The molecule has 2 heterocycles. The number of piperidine rings is 1. The van der Waals surface area contributed by atoms with Crippen LogP contribution in [0.2, 0.25) is 0 Å². The van der Waals surface area contributed by atoms with Crippen LogP contribution in [0.15, 0.2) is 66.7 Å². The molecule has 0 bridgehead atoms. The molecule has 232 valence electrons. The molecule has 0 aliphatic carbocycles. The van der Waals surface area contributed by atoms with Crippen LogP contribution in [0, 0.1) is 6.92 Å². The van der Waals surface area contributed by atoms with Crippen molar-refractivity contribution < 1.29 is 28.6 Å². The number of nitrogens with one attached hydrogen (secondary N) is 1. The molecule has 0 spiro atoms. The molecule has 1 saturated heterocycles. The third-order valence-corrected chi connectivity index (χ3v) is 8.45. The van der Waals surface area contributed by atoms with Crippen LogP contribution in [0.5, 0.6) is 5.75 Å². The molecule has 0 radical (unpaired) electrons. The van der Waals surface area contributed by atoms with Crippen LogP contribution >= 0.6 is 0 Å². The molecular weight excluding hydrogens is 558 g/mol. The van der Waals surface area contributed by atoms with Gasteiger partial charge < -0.3 is 29.3 Å². The molecule has 9 nitrogen and oxygen atoms in total. The maximum absolute atomic E-state index is 13.2. The zero-order chi connectivity index (χ0) is 31.1. The average Bonchev–Trinajstić information content (AvgIpc) is 3.21. The number of hydrogen-bond acceptors (Lipinski definition) is 6. The molecule has 0 aromatic heterocycles. The number of methoxy groups -OCH3 is 1. The van der Waals surface area contributed by atoms with Crippen LogP contribution in [0.25, 0.3) is 0 Å². The number of urea groups is 1. The van der Waals surface area contributed by atoms with Gasteiger partial charge in [0.2, 0.25) is 6.10 Å². The molecule has 2 aliphatic heterocycles. The summed E-state index contributed by atoms with van der Waals surface area (Å²) in [7, 11) is 1.29. The zero-order valence-corrected chi connectivity index (χ0v) is 25.7. The van der Waals surface area contributed by atoms with E-state index >= 15 is 0 Å². The highest BCUT2D eigenvalue weighted by atomic mass is 16.6. The molecule has 9 heteroatoms. The van der Waals surface area contributed by atoms with Crippen molar-refractivity contribution in [3.8, 4) is 5.75 Å². The largest absolute Gasteiger partial charge is 0.488 e. The van der Waals surface area contributed by atoms with Gasteiger partial charge in [-0.1, -0.05) is 67.6 Å². The summed E-state index contributed by atoms with van der Waals surface area (Å²) in [4.78, 5) is 42.4. The van der Waals surface area contributed by atoms with Gasteiger partial charge in [0.05, 0.1) is 7.11 Å². The highest BCUT2D eigenvalue weighted by molar-refractivity contribution is 5.91. The zero-order valence-electron chi connectivity index (χ0n) is 25.7. The summed E-state index contributed by atoms with van der Waals surface area (Å²) in [6.45, 7) is 5.99. The quantitative estimate of drug-likeness (QED) is 0.307. The summed E-state index contributed by atoms with van der Waals surface area (Å²) in [5, 5.41) is 3.02. The Morgan fingerprint density at radius 1 is 0.977 bits per heavy atom. The van der Waals surface area contributed by atoms with Gasteiger partial charge in [-0.05, 0) is 66.5 Å². The number of fused-ring (bicyclic) bond motifs is 1. The molecule has 3 aromatic rings. The fourth-order valence-electron chi connectivity index (χ4n) is 6.06. The summed E-state index contributed by atoms with van der Waals surface area (Å²) in [5.41, 5.74) is 5.89. The van der Waals surface area contributed by atoms with Gasteiger partial charge in [-0.2, -0.15) is 0 Å². The third-order valence-electron chi connectivity index (χ3n) is 8.45. The Kier molecular flexibility index (Phi) is 10.0. The lowest BCUT2D eigenvalue weighted by Crippen LogP contribution is -2.50. The fraction of sp³-hybridized carbons (Fsp3) is 0.400. The van der Waals surface area contributed by atoms with Crippen LogP contribution in [-0.4, -0.2) is 66.8 Å². The van der Waals surface area contributed by atoms with Crippen molar-refractivity contribution in [3.63, 3.8) is 0 Å². The van der Waals surface area contributed by atoms with Crippen LogP contribution in [0.1, 0.15) is 47.6 Å². The number of benzene rings is 3. The van der Waals surface area contributed by atoms with E-state index in [9.17, 15) is 14.4 Å². The van der Waals surface area contributed by atoms with Crippen molar-refractivity contribution in [3.05, 3.63) is 94.5 Å². The molecule has 3 amide bonds. The summed E-state index contributed by atoms with van der Waals surface area (Å²) in [5.74, 6) is 0.228. The normalized spacial score (nSPS) is 15.9. The van der Waals surface area contributed by atoms with Crippen LogP contribution < -0.4 is 10.1 Å². The minimum absolute atomic E-state index is 0.0165. The highest BCUT2D eigenvalue weighted by Crippen LogP contribution is 2.29. The van der Waals surface area contributed by atoms with Crippen molar-refractivity contribution >= 4 is 23.8 Å². The number of carbonyl (C=O) groups is 3. The number of aryl methyl sites for hydroxylation is 2. The minimum atomic E-state index is -1.08. The molecule has 0 saturated carbocycles. The van der Waals surface area contributed by atoms with Gasteiger partial charge in [0, 0.05) is 37.8 Å². The number of carbonyl (C=O) groups excluding carboxylic acids is 3. The summed E-state index contributed by atoms with van der Waals surface area (Å²) >= 11 is 0. The maximum atomic E-state index is 13.2. The predicted molar refractivity (Wildman–Crippen MR) is 168 cm³/mol. The van der Waals surface area contributed by atoms with Gasteiger partial charge in [-0.15, -0.1) is 0 Å². The smallest absolute Gasteiger partial charge is 0.410 e. The number of hydrogen-bond donors (Lipinski definition) is 1. The molecule has 3 aromatic carbocycles. The number of para-hydroxylation sites is 1. The Morgan fingerprint density at radius 3 is 2.43 bits per heavy atom. The third kappa shape index (κ3) is 7.33. The molecule has 1 N–H and O–H groups in total. The maximum Gasteiger partial charge on any atom is 0.410 e. The number of anilines is 1. The molecule has 1 unspecified atom stereocenters. The number of ether oxygens (including phenoxy) is 3. The van der Waals surface area contributed by atoms with E-state index in [-0.39, 0.29) is 18.5 Å². The van der Waals surface area contributed by atoms with E-state index in [4.69, 9.17) is 14.2 Å². The van der Waals surface area contributed by atoms with Gasteiger partial charge in [-0.3, -0.25) is 0 Å². The standard InChI is InChI=1S/C35H41N3O6/c1-4-27-21-26(20-24(2)32(27)43-23-25-10-6-5-7-11-25)22-31(33(39)42-3)44-35(41)37-17-15-29(16-18-37)38-19-14-28-12-8-9-13-30(28)36-34(38)40/h5-13,20-21,29,31H,4,14-19,22-23H2,1-3H3,(H,36,40). The first-order valence-corrected chi connectivity index (χ1v) is 15.3. The Balaban J connectivity index is 1.19. The van der Waals surface area contributed by atoms with Gasteiger partial charge in [0.1, 0.15) is 12.4 Å². The van der Waals surface area contributed by atoms with Crippen molar-refractivity contribution in [1.82, 2.24) is 9.80 Å². The summed E-state index contributed by atoms with van der Waals surface area (Å²) < 4.78 is 16.9. The van der Waals surface area contributed by atoms with E-state index in [0.29, 0.717) is 39.1 Å². The van der Waals surface area contributed by atoms with Gasteiger partial charge in [0.25, 0.3) is 0 Å². The molecule has 5 rings (SSSR count). The van der Waals surface area contributed by atoms with Crippen LogP contribution in [0.4, 0.5) is 15.3 Å². The monoisotopic (exact) mass is 599 g/mol. The lowest BCUT2D eigenvalue weighted by molar-refractivity contribution is -0.151. The molecule has 2 aliphatic rings. The SMILES string of the molecule is CCc1cc(CC(OC(=O)N2CCC(N3CCc4ccccc4NC3=O)CC2)C(=O)OC)cc(C)c1OCc1ccccc1. The predicted octanol–water partition coefficient (Wildman–Crippen LogP) is 5.91. The van der Waals surface area contributed by atoms with E-state index < -0.39 is 18.2 Å². The van der Waals surface area contributed by atoms with Crippen molar-refractivity contribution in [2.75, 3.05) is 32.1 Å². The van der Waals surface area contributed by atoms with Gasteiger partial charge >= 0.3 is 18.1 Å². The number of nitrogens with zero attached hydrogens (tertiary/aromatic N) is 2.